The molecule has 1 saturated heterocycles. The van der Waals surface area contributed by atoms with Crippen molar-refractivity contribution in [3.8, 4) is 22.6 Å². The van der Waals surface area contributed by atoms with Gasteiger partial charge in [0.15, 0.2) is 17.3 Å². The summed E-state index contributed by atoms with van der Waals surface area (Å²) in [5.74, 6) is 0.604. The molecule has 0 bridgehead atoms. The summed E-state index contributed by atoms with van der Waals surface area (Å²) in [6, 6.07) is 3.55. The first-order chi connectivity index (χ1) is 19.2. The smallest absolute Gasteiger partial charge is 0.224 e. The Morgan fingerprint density at radius 3 is 2.70 bits per heavy atom. The van der Waals surface area contributed by atoms with Crippen molar-refractivity contribution in [3.05, 3.63) is 42.7 Å². The number of fused-ring (bicyclic) bond motifs is 2. The summed E-state index contributed by atoms with van der Waals surface area (Å²) in [5.41, 5.74) is 3.20. The van der Waals surface area contributed by atoms with E-state index in [1.165, 1.54) is 12.4 Å². The number of amides is 1. The zero-order valence-corrected chi connectivity index (χ0v) is 22.9. The molecule has 5 aromatic heterocycles. The van der Waals surface area contributed by atoms with Gasteiger partial charge in [-0.2, -0.15) is 5.10 Å². The van der Waals surface area contributed by atoms with Gasteiger partial charge in [0.2, 0.25) is 5.91 Å². The van der Waals surface area contributed by atoms with Gasteiger partial charge in [0.05, 0.1) is 22.8 Å². The number of nitrogens with one attached hydrogen (secondary N) is 3. The average molecular weight is 543 g/mol. The van der Waals surface area contributed by atoms with E-state index in [0.717, 1.165) is 43.0 Å². The molecule has 12 heteroatoms. The number of aromatic amines is 2. The number of hydrogen-bond donors (Lipinski definition) is 3. The van der Waals surface area contributed by atoms with Gasteiger partial charge in [0.1, 0.15) is 17.0 Å². The summed E-state index contributed by atoms with van der Waals surface area (Å²) in [6.45, 7) is 9.56. The molecule has 0 radical (unpaired) electrons. The monoisotopic (exact) mass is 542 g/mol. The van der Waals surface area contributed by atoms with Crippen LogP contribution in [0.1, 0.15) is 27.2 Å². The number of halogens is 1. The standard InChI is InChI=1S/C28H31FN10O/c1-28(2,3)12-20(40)33-17-11-16(13-30-14-17)18-15-32-25-21(22(18)29)24(36-37-25)26-34-19-5-6-31-27(23(19)35-26)39-9-7-38(4)8-10-39/h5-6,11,13-15H,7-10,12H2,1-4H3,(H,33,40)(H,34,35)(H,32,36,37). The zero-order chi connectivity index (χ0) is 28.0. The third kappa shape index (κ3) is 4.97. The molecular formula is C28H31FN10O. The molecule has 1 aliphatic heterocycles. The molecule has 6 rings (SSSR count). The van der Waals surface area contributed by atoms with E-state index in [0.29, 0.717) is 29.2 Å². The summed E-state index contributed by atoms with van der Waals surface area (Å²) in [5, 5.41) is 10.2. The normalized spacial score (nSPS) is 14.8. The van der Waals surface area contributed by atoms with Gasteiger partial charge in [0, 0.05) is 62.3 Å². The lowest BCUT2D eigenvalue weighted by molar-refractivity contribution is -0.117. The SMILES string of the molecule is CN1CCN(c2nccc3[nH]c(-c4[nH]nc5ncc(-c6cncc(NC(=O)CC(C)(C)C)c6)c(F)c45)nc23)CC1. The molecule has 1 aliphatic rings. The number of carbonyl (C=O) groups excluding carboxylic acids is 1. The van der Waals surface area contributed by atoms with Gasteiger partial charge in [-0.05, 0) is 24.6 Å². The number of imidazole rings is 1. The maximum Gasteiger partial charge on any atom is 0.224 e. The fraction of sp³-hybridized carbons (Fsp3) is 0.357. The fourth-order valence-electron chi connectivity index (χ4n) is 4.96. The summed E-state index contributed by atoms with van der Waals surface area (Å²) in [6.07, 6.45) is 6.61. The summed E-state index contributed by atoms with van der Waals surface area (Å²) < 4.78 is 16.1. The van der Waals surface area contributed by atoms with Gasteiger partial charge in [-0.15, -0.1) is 0 Å². The van der Waals surface area contributed by atoms with E-state index in [1.54, 1.807) is 18.5 Å². The Morgan fingerprint density at radius 2 is 1.93 bits per heavy atom. The second-order valence-corrected chi connectivity index (χ2v) is 11.4. The van der Waals surface area contributed by atoms with Crippen LogP contribution in [0.3, 0.4) is 0 Å². The first-order valence-electron chi connectivity index (χ1n) is 13.2. The maximum atomic E-state index is 16.1. The molecule has 0 atom stereocenters. The Labute approximate surface area is 230 Å². The average Bonchev–Trinajstić information content (AvgIpc) is 3.53. The highest BCUT2D eigenvalue weighted by atomic mass is 19.1. The van der Waals surface area contributed by atoms with E-state index in [4.69, 9.17) is 4.98 Å². The number of anilines is 2. The Morgan fingerprint density at radius 1 is 1.12 bits per heavy atom. The number of likely N-dealkylation sites (N-methyl/N-ethyl adjacent to an activating group) is 1. The number of aromatic nitrogens is 7. The van der Waals surface area contributed by atoms with Crippen molar-refractivity contribution in [2.45, 2.75) is 27.2 Å². The van der Waals surface area contributed by atoms with E-state index < -0.39 is 5.82 Å². The second-order valence-electron chi connectivity index (χ2n) is 11.4. The molecule has 1 amide bonds. The summed E-state index contributed by atoms with van der Waals surface area (Å²) in [7, 11) is 2.10. The van der Waals surface area contributed by atoms with Gasteiger partial charge < -0.3 is 20.1 Å². The van der Waals surface area contributed by atoms with Crippen LogP contribution in [0.5, 0.6) is 0 Å². The van der Waals surface area contributed by atoms with Crippen LogP contribution in [0.15, 0.2) is 36.9 Å². The van der Waals surface area contributed by atoms with Crippen LogP contribution in [0.4, 0.5) is 15.9 Å². The molecule has 1 fully saturated rings. The minimum absolute atomic E-state index is 0.132. The fourth-order valence-corrected chi connectivity index (χ4v) is 4.96. The summed E-state index contributed by atoms with van der Waals surface area (Å²) >= 11 is 0. The number of rotatable bonds is 5. The van der Waals surface area contributed by atoms with Gasteiger partial charge in [-0.1, -0.05) is 20.8 Å². The predicted octanol–water partition coefficient (Wildman–Crippen LogP) is 4.22. The first-order valence-corrected chi connectivity index (χ1v) is 13.2. The van der Waals surface area contributed by atoms with Crippen molar-refractivity contribution in [2.75, 3.05) is 43.4 Å². The number of carbonyl (C=O) groups is 1. The molecule has 0 aliphatic carbocycles. The van der Waals surface area contributed by atoms with E-state index in [-0.39, 0.29) is 27.9 Å². The van der Waals surface area contributed by atoms with Crippen LogP contribution >= 0.6 is 0 Å². The molecule has 3 N–H and O–H groups in total. The number of piperazine rings is 1. The van der Waals surface area contributed by atoms with E-state index in [2.05, 4.69) is 52.3 Å². The van der Waals surface area contributed by atoms with Crippen LogP contribution < -0.4 is 10.2 Å². The molecule has 0 spiro atoms. The van der Waals surface area contributed by atoms with Crippen LogP contribution in [-0.4, -0.2) is 79.2 Å². The number of hydrogen-bond acceptors (Lipinski definition) is 8. The lowest BCUT2D eigenvalue weighted by atomic mass is 9.92. The number of pyridine rings is 3. The van der Waals surface area contributed by atoms with Crippen molar-refractivity contribution in [2.24, 2.45) is 5.41 Å². The van der Waals surface area contributed by atoms with Gasteiger partial charge in [0.25, 0.3) is 0 Å². The van der Waals surface area contributed by atoms with Gasteiger partial charge in [-0.25, -0.2) is 19.3 Å². The van der Waals surface area contributed by atoms with Crippen LogP contribution in [0.2, 0.25) is 0 Å². The van der Waals surface area contributed by atoms with Crippen LogP contribution in [0, 0.1) is 11.2 Å². The van der Waals surface area contributed by atoms with Crippen LogP contribution in [0.25, 0.3) is 44.7 Å². The first kappa shape index (κ1) is 25.8. The molecule has 0 unspecified atom stereocenters. The molecule has 11 nitrogen and oxygen atoms in total. The molecule has 40 heavy (non-hydrogen) atoms. The predicted molar refractivity (Wildman–Crippen MR) is 152 cm³/mol. The molecule has 5 aromatic rings. The Bertz CT molecular complexity index is 1710. The topological polar surface area (TPSA) is 132 Å². The molecule has 0 saturated carbocycles. The maximum absolute atomic E-state index is 16.1. The Hall–Kier alpha value is -4.45. The highest BCUT2D eigenvalue weighted by molar-refractivity contribution is 5.96. The quantitative estimate of drug-likeness (QED) is 0.301. The third-order valence-corrected chi connectivity index (χ3v) is 6.96. The van der Waals surface area contributed by atoms with E-state index in [1.807, 2.05) is 26.8 Å². The van der Waals surface area contributed by atoms with Crippen molar-refractivity contribution in [1.29, 1.82) is 0 Å². The highest BCUT2D eigenvalue weighted by Crippen LogP contribution is 2.34. The zero-order valence-electron chi connectivity index (χ0n) is 22.9. The minimum atomic E-state index is -0.508. The van der Waals surface area contributed by atoms with E-state index in [9.17, 15) is 4.79 Å². The van der Waals surface area contributed by atoms with Crippen molar-refractivity contribution in [1.82, 2.24) is 40.0 Å². The van der Waals surface area contributed by atoms with Crippen LogP contribution in [-0.2, 0) is 4.79 Å². The second kappa shape index (κ2) is 9.94. The highest BCUT2D eigenvalue weighted by Gasteiger charge is 2.23. The number of H-pyrrole nitrogens is 2. The Balaban J connectivity index is 1.36. The van der Waals surface area contributed by atoms with Crippen molar-refractivity contribution < 1.29 is 9.18 Å². The lowest BCUT2D eigenvalue weighted by Crippen LogP contribution is -2.44. The molecule has 0 aromatic carbocycles. The number of nitrogens with zero attached hydrogens (tertiary/aromatic N) is 7. The molecular weight excluding hydrogens is 511 g/mol. The summed E-state index contributed by atoms with van der Waals surface area (Å²) in [4.78, 5) is 38.3. The lowest BCUT2D eigenvalue weighted by Gasteiger charge is -2.33. The van der Waals surface area contributed by atoms with Crippen molar-refractivity contribution >= 4 is 39.5 Å². The molecule has 6 heterocycles. The van der Waals surface area contributed by atoms with Crippen molar-refractivity contribution in [3.63, 3.8) is 0 Å². The van der Waals surface area contributed by atoms with Gasteiger partial charge in [-0.3, -0.25) is 14.9 Å². The third-order valence-electron chi connectivity index (χ3n) is 6.96. The minimum Gasteiger partial charge on any atom is -0.352 e. The van der Waals surface area contributed by atoms with Gasteiger partial charge >= 0.3 is 0 Å². The Kier molecular flexibility index (Phi) is 6.41. The largest absolute Gasteiger partial charge is 0.352 e. The van der Waals surface area contributed by atoms with E-state index >= 15 is 4.39 Å². The molecule has 206 valence electrons.